The van der Waals surface area contributed by atoms with Crippen LogP contribution in [0.1, 0.15) is 37.6 Å². The molecule has 0 heterocycles. The first-order chi connectivity index (χ1) is 8.63. The van der Waals surface area contributed by atoms with Gasteiger partial charge in [0.25, 0.3) is 0 Å². The van der Waals surface area contributed by atoms with Crippen LogP contribution in [-0.4, -0.2) is 18.9 Å². The SMILES string of the molecule is CCCN(CC)c1ccc(NN=O)c(C(C)=O)c1. The summed E-state index contributed by atoms with van der Waals surface area (Å²) in [6, 6.07) is 5.40. The molecule has 1 aromatic carbocycles. The van der Waals surface area contributed by atoms with Crippen molar-refractivity contribution >= 4 is 17.2 Å². The van der Waals surface area contributed by atoms with Crippen LogP contribution in [0.4, 0.5) is 11.4 Å². The average molecular weight is 249 g/mol. The van der Waals surface area contributed by atoms with Crippen LogP contribution in [0, 0.1) is 4.91 Å². The molecule has 5 heteroatoms. The summed E-state index contributed by atoms with van der Waals surface area (Å²) in [6.07, 6.45) is 1.04. The third-order valence-electron chi connectivity index (χ3n) is 2.79. The lowest BCUT2D eigenvalue weighted by Gasteiger charge is -2.23. The zero-order valence-corrected chi connectivity index (χ0v) is 11.1. The zero-order valence-electron chi connectivity index (χ0n) is 11.1. The van der Waals surface area contributed by atoms with Crippen LogP contribution in [0.5, 0.6) is 0 Å². The van der Waals surface area contributed by atoms with Gasteiger partial charge in [-0.15, -0.1) is 4.91 Å². The van der Waals surface area contributed by atoms with Gasteiger partial charge in [0, 0.05) is 24.3 Å². The van der Waals surface area contributed by atoms with E-state index in [9.17, 15) is 9.70 Å². The third kappa shape index (κ3) is 3.29. The first kappa shape index (κ1) is 14.2. The molecule has 0 aliphatic heterocycles. The molecular weight excluding hydrogens is 230 g/mol. The number of benzene rings is 1. The molecule has 0 aliphatic carbocycles. The second kappa shape index (κ2) is 6.74. The minimum atomic E-state index is -0.0875. The molecule has 0 bridgehead atoms. The number of nitroso groups, excluding NO2 is 1. The molecule has 0 unspecified atom stereocenters. The van der Waals surface area contributed by atoms with Crippen molar-refractivity contribution in [3.05, 3.63) is 28.7 Å². The summed E-state index contributed by atoms with van der Waals surface area (Å²) in [6.45, 7) is 7.48. The number of ketones is 1. The molecule has 1 rings (SSSR count). The molecule has 0 amide bonds. The fraction of sp³-hybridized carbons (Fsp3) is 0.462. The van der Waals surface area contributed by atoms with Crippen LogP contribution in [0.2, 0.25) is 0 Å². The van der Waals surface area contributed by atoms with Gasteiger partial charge in [0.05, 0.1) is 11.0 Å². The summed E-state index contributed by atoms with van der Waals surface area (Å²) in [5, 5.41) is 2.61. The van der Waals surface area contributed by atoms with E-state index in [1.807, 2.05) is 6.07 Å². The molecule has 98 valence electrons. The number of Topliss-reactive ketones (excluding diaryl/α,β-unsaturated/α-hetero) is 1. The van der Waals surface area contributed by atoms with Crippen molar-refractivity contribution < 1.29 is 4.79 Å². The molecular formula is C13H19N3O2. The Morgan fingerprint density at radius 1 is 1.39 bits per heavy atom. The third-order valence-corrected chi connectivity index (χ3v) is 2.79. The molecule has 0 spiro atoms. The van der Waals surface area contributed by atoms with Crippen molar-refractivity contribution in [3.63, 3.8) is 0 Å². The molecule has 1 aromatic rings. The number of carbonyl (C=O) groups is 1. The maximum absolute atomic E-state index is 11.6. The van der Waals surface area contributed by atoms with Crippen LogP contribution < -0.4 is 10.3 Å². The number of carbonyl (C=O) groups excluding carboxylic acids is 1. The lowest BCUT2D eigenvalue weighted by Crippen LogP contribution is -2.23. The minimum Gasteiger partial charge on any atom is -0.372 e. The van der Waals surface area contributed by atoms with Crippen molar-refractivity contribution in [2.75, 3.05) is 23.4 Å². The Balaban J connectivity index is 3.12. The zero-order chi connectivity index (χ0) is 13.5. The molecule has 0 fully saturated rings. The first-order valence-electron chi connectivity index (χ1n) is 6.12. The summed E-state index contributed by atoms with van der Waals surface area (Å²) >= 11 is 0. The molecule has 0 radical (unpaired) electrons. The van der Waals surface area contributed by atoms with Crippen molar-refractivity contribution in [3.8, 4) is 0 Å². The van der Waals surface area contributed by atoms with Gasteiger partial charge in [0.2, 0.25) is 0 Å². The number of nitrogens with zero attached hydrogens (tertiary/aromatic N) is 2. The quantitative estimate of drug-likeness (QED) is 0.458. The lowest BCUT2D eigenvalue weighted by atomic mass is 10.1. The molecule has 0 atom stereocenters. The second-order valence-electron chi connectivity index (χ2n) is 4.07. The Morgan fingerprint density at radius 3 is 2.61 bits per heavy atom. The normalized spacial score (nSPS) is 9.94. The fourth-order valence-electron chi connectivity index (χ4n) is 1.91. The number of anilines is 2. The number of nitrogens with one attached hydrogen (secondary N) is 1. The summed E-state index contributed by atoms with van der Waals surface area (Å²) in [7, 11) is 0. The molecule has 0 saturated carbocycles. The minimum absolute atomic E-state index is 0.0875. The largest absolute Gasteiger partial charge is 0.372 e. The first-order valence-corrected chi connectivity index (χ1v) is 6.12. The van der Waals surface area contributed by atoms with Gasteiger partial charge in [-0.3, -0.25) is 4.79 Å². The summed E-state index contributed by atoms with van der Waals surface area (Å²) in [4.78, 5) is 24.0. The average Bonchev–Trinajstić information content (AvgIpc) is 2.36. The van der Waals surface area contributed by atoms with Gasteiger partial charge in [0.1, 0.15) is 0 Å². The predicted molar refractivity (Wildman–Crippen MR) is 74.0 cm³/mol. The van der Waals surface area contributed by atoms with Crippen molar-refractivity contribution in [2.45, 2.75) is 27.2 Å². The number of hydrogen-bond acceptors (Lipinski definition) is 4. The lowest BCUT2D eigenvalue weighted by molar-refractivity contribution is 0.101. The highest BCUT2D eigenvalue weighted by Gasteiger charge is 2.11. The van der Waals surface area contributed by atoms with Gasteiger partial charge >= 0.3 is 0 Å². The van der Waals surface area contributed by atoms with Gasteiger partial charge in [-0.2, -0.15) is 0 Å². The second-order valence-corrected chi connectivity index (χ2v) is 4.07. The topological polar surface area (TPSA) is 61.8 Å². The van der Waals surface area contributed by atoms with Gasteiger partial charge in [-0.1, -0.05) is 6.92 Å². The van der Waals surface area contributed by atoms with E-state index in [0.717, 1.165) is 25.2 Å². The molecule has 0 aliphatic rings. The highest BCUT2D eigenvalue weighted by molar-refractivity contribution is 6.00. The maximum Gasteiger partial charge on any atom is 0.162 e. The highest BCUT2D eigenvalue weighted by Crippen LogP contribution is 2.24. The van der Waals surface area contributed by atoms with Gasteiger partial charge in [0.15, 0.2) is 5.78 Å². The Bertz CT molecular complexity index is 432. The summed E-state index contributed by atoms with van der Waals surface area (Å²) in [5.74, 6) is -0.0875. The Hall–Kier alpha value is -1.91. The summed E-state index contributed by atoms with van der Waals surface area (Å²) < 4.78 is 0. The Labute approximate surface area is 107 Å². The van der Waals surface area contributed by atoms with Gasteiger partial charge < -0.3 is 4.90 Å². The van der Waals surface area contributed by atoms with Crippen molar-refractivity contribution in [1.29, 1.82) is 0 Å². The molecule has 0 saturated heterocycles. The fourth-order valence-corrected chi connectivity index (χ4v) is 1.91. The van der Waals surface area contributed by atoms with E-state index < -0.39 is 0 Å². The van der Waals surface area contributed by atoms with Crippen LogP contribution >= 0.6 is 0 Å². The van der Waals surface area contributed by atoms with E-state index in [-0.39, 0.29) is 5.78 Å². The standard InChI is InChI=1S/C13H19N3O2/c1-4-8-16(5-2)11-6-7-13(14-15-18)12(9-11)10(3)17/h6-7,9H,4-5,8H2,1-3H3,(H,14,18). The van der Waals surface area contributed by atoms with E-state index >= 15 is 0 Å². The van der Waals surface area contributed by atoms with Crippen molar-refractivity contribution in [2.24, 2.45) is 5.29 Å². The van der Waals surface area contributed by atoms with Crippen molar-refractivity contribution in [1.82, 2.24) is 0 Å². The number of hydrogen-bond donors (Lipinski definition) is 1. The monoisotopic (exact) mass is 249 g/mol. The van der Waals surface area contributed by atoms with Gasteiger partial charge in [-0.05, 0) is 38.5 Å². The smallest absolute Gasteiger partial charge is 0.162 e. The van der Waals surface area contributed by atoms with Gasteiger partial charge in [-0.25, -0.2) is 5.43 Å². The predicted octanol–water partition coefficient (Wildman–Crippen LogP) is 3.22. The van der Waals surface area contributed by atoms with E-state index in [0.29, 0.717) is 11.3 Å². The number of rotatable bonds is 7. The van der Waals surface area contributed by atoms with E-state index in [1.54, 1.807) is 12.1 Å². The van der Waals surface area contributed by atoms with Crippen LogP contribution in [0.15, 0.2) is 23.5 Å². The Morgan fingerprint density at radius 2 is 2.11 bits per heavy atom. The summed E-state index contributed by atoms with van der Waals surface area (Å²) in [5.41, 5.74) is 4.23. The van der Waals surface area contributed by atoms with Crippen LogP contribution in [-0.2, 0) is 0 Å². The maximum atomic E-state index is 11.6. The Kier molecular flexibility index (Phi) is 5.30. The molecule has 18 heavy (non-hydrogen) atoms. The van der Waals surface area contributed by atoms with Crippen LogP contribution in [0.3, 0.4) is 0 Å². The molecule has 0 aromatic heterocycles. The van der Waals surface area contributed by atoms with E-state index in [2.05, 4.69) is 29.5 Å². The van der Waals surface area contributed by atoms with E-state index in [1.165, 1.54) is 6.92 Å². The van der Waals surface area contributed by atoms with Crippen LogP contribution in [0.25, 0.3) is 0 Å². The highest BCUT2D eigenvalue weighted by atomic mass is 16.3. The molecule has 1 N–H and O–H groups in total. The molecule has 5 nitrogen and oxygen atoms in total. The van der Waals surface area contributed by atoms with E-state index in [4.69, 9.17) is 0 Å².